The molecule has 0 spiro atoms. The van der Waals surface area contributed by atoms with Crippen molar-refractivity contribution in [2.45, 2.75) is 45.7 Å². The van der Waals surface area contributed by atoms with Crippen LogP contribution < -0.4 is 10.6 Å². The molecular formula is C11H21N5. The lowest BCUT2D eigenvalue weighted by molar-refractivity contribution is 0.306. The van der Waals surface area contributed by atoms with Gasteiger partial charge in [0.15, 0.2) is 0 Å². The third-order valence-electron chi connectivity index (χ3n) is 3.42. The second kappa shape index (κ2) is 4.82. The molecular weight excluding hydrogens is 202 g/mol. The second-order valence-electron chi connectivity index (χ2n) is 4.25. The molecule has 0 bridgehead atoms. The van der Waals surface area contributed by atoms with Gasteiger partial charge < -0.3 is 10.6 Å². The van der Waals surface area contributed by atoms with Crippen molar-refractivity contribution in [3.05, 3.63) is 5.82 Å². The third-order valence-corrected chi connectivity index (χ3v) is 3.42. The Labute approximate surface area is 96.6 Å². The molecule has 0 atom stereocenters. The first-order valence-corrected chi connectivity index (χ1v) is 6.20. The van der Waals surface area contributed by atoms with Crippen LogP contribution in [0.2, 0.25) is 0 Å². The molecule has 16 heavy (non-hydrogen) atoms. The normalized spacial score (nSPS) is 16.2. The van der Waals surface area contributed by atoms with E-state index in [-0.39, 0.29) is 0 Å². The predicted molar refractivity (Wildman–Crippen MR) is 64.4 cm³/mol. The Hall–Kier alpha value is -1.10. The molecule has 1 aromatic rings. The summed E-state index contributed by atoms with van der Waals surface area (Å²) in [7, 11) is 0. The van der Waals surface area contributed by atoms with Gasteiger partial charge in [-0.15, -0.1) is 10.2 Å². The summed E-state index contributed by atoms with van der Waals surface area (Å²) >= 11 is 0. The first-order valence-electron chi connectivity index (χ1n) is 6.20. The molecule has 2 N–H and O–H groups in total. The van der Waals surface area contributed by atoms with Crippen LogP contribution in [0.4, 0.5) is 5.95 Å². The summed E-state index contributed by atoms with van der Waals surface area (Å²) in [6.07, 6.45) is 3.78. The number of aromatic nitrogens is 3. The molecule has 1 saturated carbocycles. The molecule has 1 heterocycles. The van der Waals surface area contributed by atoms with Crippen molar-refractivity contribution in [3.63, 3.8) is 0 Å². The van der Waals surface area contributed by atoms with Crippen molar-refractivity contribution in [1.82, 2.24) is 14.8 Å². The molecule has 0 unspecified atom stereocenters. The standard InChI is InChI=1S/C11H21N5/c1-3-15(4-2)11-14-13-10(8-12)16(11)9-6-5-7-9/h9H,3-8,12H2,1-2H3. The van der Waals surface area contributed by atoms with E-state index >= 15 is 0 Å². The van der Waals surface area contributed by atoms with Crippen LogP contribution in [0.3, 0.4) is 0 Å². The molecule has 0 aliphatic heterocycles. The summed E-state index contributed by atoms with van der Waals surface area (Å²) in [6.45, 7) is 6.69. The lowest BCUT2D eigenvalue weighted by atomic mass is 9.93. The number of nitrogens with zero attached hydrogens (tertiary/aromatic N) is 4. The van der Waals surface area contributed by atoms with Gasteiger partial charge in [0.25, 0.3) is 0 Å². The Kier molecular flexibility index (Phi) is 3.43. The second-order valence-corrected chi connectivity index (χ2v) is 4.25. The van der Waals surface area contributed by atoms with E-state index in [0.717, 1.165) is 24.9 Å². The van der Waals surface area contributed by atoms with Crippen LogP contribution in [-0.4, -0.2) is 27.9 Å². The summed E-state index contributed by atoms with van der Waals surface area (Å²) in [6, 6.07) is 0.573. The van der Waals surface area contributed by atoms with Crippen molar-refractivity contribution in [3.8, 4) is 0 Å². The molecule has 1 fully saturated rings. The predicted octanol–water partition coefficient (Wildman–Crippen LogP) is 1.31. The number of nitrogens with two attached hydrogens (primary N) is 1. The fourth-order valence-electron chi connectivity index (χ4n) is 2.19. The highest BCUT2D eigenvalue weighted by atomic mass is 15.4. The molecule has 0 saturated heterocycles. The largest absolute Gasteiger partial charge is 0.341 e. The minimum absolute atomic E-state index is 0.477. The monoisotopic (exact) mass is 223 g/mol. The van der Waals surface area contributed by atoms with E-state index in [4.69, 9.17) is 5.73 Å². The van der Waals surface area contributed by atoms with Crippen molar-refractivity contribution < 1.29 is 0 Å². The van der Waals surface area contributed by atoms with Gasteiger partial charge in [-0.1, -0.05) is 0 Å². The maximum atomic E-state index is 5.72. The Morgan fingerprint density at radius 2 is 2.00 bits per heavy atom. The SMILES string of the molecule is CCN(CC)c1nnc(CN)n1C1CCC1. The van der Waals surface area contributed by atoms with Gasteiger partial charge in [-0.2, -0.15) is 0 Å². The highest BCUT2D eigenvalue weighted by molar-refractivity contribution is 5.31. The van der Waals surface area contributed by atoms with Crippen LogP contribution in [0.15, 0.2) is 0 Å². The lowest BCUT2D eigenvalue weighted by Gasteiger charge is -2.31. The van der Waals surface area contributed by atoms with E-state index in [9.17, 15) is 0 Å². The average Bonchev–Trinajstić information content (AvgIpc) is 2.62. The third kappa shape index (κ3) is 1.80. The Morgan fingerprint density at radius 1 is 1.31 bits per heavy atom. The van der Waals surface area contributed by atoms with Crippen LogP contribution >= 0.6 is 0 Å². The van der Waals surface area contributed by atoms with E-state index in [0.29, 0.717) is 12.6 Å². The fraction of sp³-hybridized carbons (Fsp3) is 0.818. The van der Waals surface area contributed by atoms with E-state index in [2.05, 4.69) is 33.5 Å². The van der Waals surface area contributed by atoms with Crippen LogP contribution in [-0.2, 0) is 6.54 Å². The zero-order valence-corrected chi connectivity index (χ0v) is 10.2. The van der Waals surface area contributed by atoms with Crippen LogP contribution in [0.5, 0.6) is 0 Å². The maximum Gasteiger partial charge on any atom is 0.227 e. The summed E-state index contributed by atoms with van der Waals surface area (Å²) in [5.41, 5.74) is 5.72. The molecule has 0 aromatic carbocycles. The Balaban J connectivity index is 2.32. The Morgan fingerprint density at radius 3 is 2.44 bits per heavy atom. The summed E-state index contributed by atoms with van der Waals surface area (Å²) in [5, 5.41) is 8.49. The van der Waals surface area contributed by atoms with Crippen molar-refractivity contribution in [2.75, 3.05) is 18.0 Å². The zero-order valence-electron chi connectivity index (χ0n) is 10.2. The molecule has 1 aliphatic rings. The number of hydrogen-bond acceptors (Lipinski definition) is 4. The first-order chi connectivity index (χ1) is 7.81. The van der Waals surface area contributed by atoms with Crippen LogP contribution in [0, 0.1) is 0 Å². The molecule has 5 nitrogen and oxygen atoms in total. The number of anilines is 1. The van der Waals surface area contributed by atoms with Crippen molar-refractivity contribution >= 4 is 5.95 Å². The molecule has 5 heteroatoms. The summed E-state index contributed by atoms with van der Waals surface area (Å²) in [5.74, 6) is 1.92. The summed E-state index contributed by atoms with van der Waals surface area (Å²) < 4.78 is 2.25. The van der Waals surface area contributed by atoms with Gasteiger partial charge in [-0.05, 0) is 33.1 Å². The average molecular weight is 223 g/mol. The fourth-order valence-corrected chi connectivity index (χ4v) is 2.19. The minimum atomic E-state index is 0.477. The van der Waals surface area contributed by atoms with Gasteiger partial charge in [-0.25, -0.2) is 0 Å². The molecule has 90 valence electrons. The van der Waals surface area contributed by atoms with E-state index < -0.39 is 0 Å². The molecule has 0 radical (unpaired) electrons. The highest BCUT2D eigenvalue weighted by Crippen LogP contribution is 2.35. The van der Waals surface area contributed by atoms with Gasteiger partial charge in [-0.3, -0.25) is 4.57 Å². The topological polar surface area (TPSA) is 60.0 Å². The Bertz CT molecular complexity index is 338. The molecule has 0 amide bonds. The first kappa shape index (κ1) is 11.4. The minimum Gasteiger partial charge on any atom is -0.341 e. The van der Waals surface area contributed by atoms with Gasteiger partial charge in [0, 0.05) is 19.1 Å². The van der Waals surface area contributed by atoms with Gasteiger partial charge in [0.05, 0.1) is 6.54 Å². The maximum absolute atomic E-state index is 5.72. The van der Waals surface area contributed by atoms with Crippen molar-refractivity contribution in [2.24, 2.45) is 5.73 Å². The number of rotatable bonds is 5. The van der Waals surface area contributed by atoms with E-state index in [1.165, 1.54) is 19.3 Å². The smallest absolute Gasteiger partial charge is 0.227 e. The lowest BCUT2D eigenvalue weighted by Crippen LogP contribution is -2.29. The quantitative estimate of drug-likeness (QED) is 0.817. The summed E-state index contributed by atoms with van der Waals surface area (Å²) in [4.78, 5) is 2.24. The molecule has 1 aliphatic carbocycles. The van der Waals surface area contributed by atoms with Gasteiger partial charge in [0.2, 0.25) is 5.95 Å². The van der Waals surface area contributed by atoms with Crippen molar-refractivity contribution in [1.29, 1.82) is 0 Å². The van der Waals surface area contributed by atoms with Gasteiger partial charge in [0.1, 0.15) is 5.82 Å². The number of hydrogen-bond donors (Lipinski definition) is 1. The van der Waals surface area contributed by atoms with Crippen LogP contribution in [0.25, 0.3) is 0 Å². The van der Waals surface area contributed by atoms with E-state index in [1.54, 1.807) is 0 Å². The van der Waals surface area contributed by atoms with E-state index in [1.807, 2.05) is 0 Å². The van der Waals surface area contributed by atoms with Crippen LogP contribution in [0.1, 0.15) is 45.0 Å². The molecule has 1 aromatic heterocycles. The zero-order chi connectivity index (χ0) is 11.5. The highest BCUT2D eigenvalue weighted by Gasteiger charge is 2.26. The molecule has 2 rings (SSSR count). The van der Waals surface area contributed by atoms with Gasteiger partial charge >= 0.3 is 0 Å².